The van der Waals surface area contributed by atoms with Gasteiger partial charge in [-0.2, -0.15) is 0 Å². The standard InChI is InChI=1S/C13H14N2O3/c1-18-11-6-4-10(5-7-11)12(9-15(16)17)13-3-2-8-14-13/h2-8,12,14H,9H2,1H3/t12-/m1/s1. The van der Waals surface area contributed by atoms with Gasteiger partial charge in [-0.05, 0) is 29.8 Å². The van der Waals surface area contributed by atoms with E-state index < -0.39 is 0 Å². The van der Waals surface area contributed by atoms with Gasteiger partial charge in [-0.25, -0.2) is 0 Å². The molecule has 5 heteroatoms. The third-order valence-corrected chi connectivity index (χ3v) is 2.85. The van der Waals surface area contributed by atoms with Crippen molar-refractivity contribution in [2.24, 2.45) is 0 Å². The number of H-pyrrole nitrogens is 1. The van der Waals surface area contributed by atoms with Gasteiger partial charge in [-0.1, -0.05) is 12.1 Å². The van der Waals surface area contributed by atoms with Crippen LogP contribution >= 0.6 is 0 Å². The zero-order chi connectivity index (χ0) is 13.0. The minimum absolute atomic E-state index is 0.132. The number of rotatable bonds is 5. The van der Waals surface area contributed by atoms with Crippen molar-refractivity contribution in [3.8, 4) is 5.75 Å². The van der Waals surface area contributed by atoms with Crippen LogP contribution in [0.5, 0.6) is 5.75 Å². The van der Waals surface area contributed by atoms with Crippen LogP contribution in [-0.2, 0) is 0 Å². The highest BCUT2D eigenvalue weighted by Crippen LogP contribution is 2.25. The lowest BCUT2D eigenvalue weighted by Gasteiger charge is -2.12. The van der Waals surface area contributed by atoms with Crippen molar-refractivity contribution in [2.75, 3.05) is 13.7 Å². The first-order valence-corrected chi connectivity index (χ1v) is 5.59. The zero-order valence-corrected chi connectivity index (χ0v) is 10.00. The van der Waals surface area contributed by atoms with Gasteiger partial charge < -0.3 is 9.72 Å². The van der Waals surface area contributed by atoms with E-state index in [0.29, 0.717) is 0 Å². The number of methoxy groups -OCH3 is 1. The molecule has 5 nitrogen and oxygen atoms in total. The highest BCUT2D eigenvalue weighted by Gasteiger charge is 2.20. The maximum absolute atomic E-state index is 10.8. The quantitative estimate of drug-likeness (QED) is 0.650. The van der Waals surface area contributed by atoms with Crippen molar-refractivity contribution in [2.45, 2.75) is 5.92 Å². The summed E-state index contributed by atoms with van der Waals surface area (Å²) in [4.78, 5) is 13.5. The second-order valence-electron chi connectivity index (χ2n) is 3.97. The van der Waals surface area contributed by atoms with Gasteiger partial charge in [0.1, 0.15) is 5.75 Å². The van der Waals surface area contributed by atoms with Gasteiger partial charge in [-0.3, -0.25) is 10.1 Å². The van der Waals surface area contributed by atoms with Crippen molar-refractivity contribution >= 4 is 0 Å². The minimum atomic E-state index is -0.296. The molecule has 0 radical (unpaired) electrons. The van der Waals surface area contributed by atoms with E-state index in [9.17, 15) is 10.1 Å². The summed E-state index contributed by atoms with van der Waals surface area (Å²) in [6, 6.07) is 11.0. The Balaban J connectivity index is 2.30. The monoisotopic (exact) mass is 246 g/mol. The maximum atomic E-state index is 10.8. The molecule has 18 heavy (non-hydrogen) atoms. The first-order chi connectivity index (χ1) is 8.70. The SMILES string of the molecule is COc1ccc([C@@H](C[N+](=O)[O-])c2ccc[nH]2)cc1. The number of ether oxygens (including phenoxy) is 1. The lowest BCUT2D eigenvalue weighted by Crippen LogP contribution is -2.14. The number of hydrogen-bond donors (Lipinski definition) is 1. The molecule has 1 atom stereocenters. The van der Waals surface area contributed by atoms with E-state index >= 15 is 0 Å². The van der Waals surface area contributed by atoms with E-state index in [1.165, 1.54) is 0 Å². The highest BCUT2D eigenvalue weighted by molar-refractivity contribution is 5.33. The molecule has 0 amide bonds. The molecule has 2 aromatic rings. The van der Waals surface area contributed by atoms with Crippen molar-refractivity contribution in [3.63, 3.8) is 0 Å². The number of nitrogens with zero attached hydrogens (tertiary/aromatic N) is 1. The molecule has 2 rings (SSSR count). The van der Waals surface area contributed by atoms with Crippen LogP contribution in [0, 0.1) is 10.1 Å². The molecule has 1 aromatic heterocycles. The van der Waals surface area contributed by atoms with Gasteiger partial charge in [0.25, 0.3) is 0 Å². The summed E-state index contributed by atoms with van der Waals surface area (Å²) in [6.45, 7) is -0.132. The molecule has 0 aliphatic carbocycles. The topological polar surface area (TPSA) is 68.2 Å². The summed E-state index contributed by atoms with van der Waals surface area (Å²) < 4.78 is 5.08. The Bertz CT molecular complexity index is 506. The van der Waals surface area contributed by atoms with Crippen molar-refractivity contribution < 1.29 is 9.66 Å². The molecule has 1 heterocycles. The average molecular weight is 246 g/mol. The number of nitrogens with one attached hydrogen (secondary N) is 1. The van der Waals surface area contributed by atoms with Gasteiger partial charge in [0.15, 0.2) is 0 Å². The molecule has 0 fully saturated rings. The van der Waals surface area contributed by atoms with Gasteiger partial charge in [0.2, 0.25) is 6.54 Å². The van der Waals surface area contributed by atoms with Crippen LogP contribution in [-0.4, -0.2) is 23.6 Å². The van der Waals surface area contributed by atoms with E-state index in [0.717, 1.165) is 17.0 Å². The fourth-order valence-corrected chi connectivity index (χ4v) is 1.93. The first-order valence-electron chi connectivity index (χ1n) is 5.59. The highest BCUT2D eigenvalue weighted by atomic mass is 16.6. The molecule has 0 aliphatic heterocycles. The Labute approximate surface area is 105 Å². The Morgan fingerprint density at radius 3 is 2.56 bits per heavy atom. The number of nitro groups is 1. The molecule has 94 valence electrons. The van der Waals surface area contributed by atoms with E-state index in [2.05, 4.69) is 4.98 Å². The van der Waals surface area contributed by atoms with Crippen LogP contribution in [0.1, 0.15) is 17.2 Å². The second-order valence-corrected chi connectivity index (χ2v) is 3.97. The average Bonchev–Trinajstić information content (AvgIpc) is 2.89. The zero-order valence-electron chi connectivity index (χ0n) is 10.00. The Morgan fingerprint density at radius 2 is 2.06 bits per heavy atom. The number of aromatic amines is 1. The Morgan fingerprint density at radius 1 is 1.33 bits per heavy atom. The number of hydrogen-bond acceptors (Lipinski definition) is 3. The molecule has 1 N–H and O–H groups in total. The van der Waals surface area contributed by atoms with E-state index in [1.54, 1.807) is 13.3 Å². The maximum Gasteiger partial charge on any atom is 0.216 e. The summed E-state index contributed by atoms with van der Waals surface area (Å²) in [5.74, 6) is 0.478. The molecule has 1 aromatic carbocycles. The third-order valence-electron chi connectivity index (χ3n) is 2.85. The predicted molar refractivity (Wildman–Crippen MR) is 67.5 cm³/mol. The largest absolute Gasteiger partial charge is 0.497 e. The smallest absolute Gasteiger partial charge is 0.216 e. The first kappa shape index (κ1) is 12.2. The van der Waals surface area contributed by atoms with Crippen molar-refractivity contribution in [1.29, 1.82) is 0 Å². The normalized spacial score (nSPS) is 12.1. The Kier molecular flexibility index (Phi) is 3.62. The third kappa shape index (κ3) is 2.68. The summed E-state index contributed by atoms with van der Waals surface area (Å²) in [6.07, 6.45) is 1.77. The molecule has 0 unspecified atom stereocenters. The molecule has 0 saturated carbocycles. The van der Waals surface area contributed by atoms with Crippen LogP contribution in [0.3, 0.4) is 0 Å². The van der Waals surface area contributed by atoms with Crippen LogP contribution in [0.15, 0.2) is 42.6 Å². The fourth-order valence-electron chi connectivity index (χ4n) is 1.93. The lowest BCUT2D eigenvalue weighted by atomic mass is 9.96. The van der Waals surface area contributed by atoms with Crippen LogP contribution in [0.25, 0.3) is 0 Å². The van der Waals surface area contributed by atoms with E-state index in [-0.39, 0.29) is 17.4 Å². The lowest BCUT2D eigenvalue weighted by molar-refractivity contribution is -0.481. The van der Waals surface area contributed by atoms with Gasteiger partial charge in [0.05, 0.1) is 13.0 Å². The molecule has 0 saturated heterocycles. The molecular weight excluding hydrogens is 232 g/mol. The van der Waals surface area contributed by atoms with Crippen LogP contribution < -0.4 is 4.74 Å². The van der Waals surface area contributed by atoms with Crippen molar-refractivity contribution in [1.82, 2.24) is 4.98 Å². The number of aromatic nitrogens is 1. The number of benzene rings is 1. The van der Waals surface area contributed by atoms with Gasteiger partial charge >= 0.3 is 0 Å². The molecule has 0 bridgehead atoms. The molecule has 0 aliphatic rings. The summed E-state index contributed by atoms with van der Waals surface area (Å²) in [7, 11) is 1.59. The van der Waals surface area contributed by atoms with Crippen molar-refractivity contribution in [3.05, 3.63) is 64.0 Å². The second kappa shape index (κ2) is 5.35. The summed E-state index contributed by atoms with van der Waals surface area (Å²) in [5, 5.41) is 10.8. The van der Waals surface area contributed by atoms with E-state index in [4.69, 9.17) is 4.74 Å². The van der Waals surface area contributed by atoms with Gasteiger partial charge in [0, 0.05) is 16.8 Å². The predicted octanol–water partition coefficient (Wildman–Crippen LogP) is 2.43. The van der Waals surface area contributed by atoms with Crippen LogP contribution in [0.2, 0.25) is 0 Å². The fraction of sp³-hybridized carbons (Fsp3) is 0.231. The van der Waals surface area contributed by atoms with E-state index in [1.807, 2.05) is 36.4 Å². The molecule has 0 spiro atoms. The minimum Gasteiger partial charge on any atom is -0.497 e. The Hall–Kier alpha value is -2.30. The van der Waals surface area contributed by atoms with Gasteiger partial charge in [-0.15, -0.1) is 0 Å². The van der Waals surface area contributed by atoms with Crippen LogP contribution in [0.4, 0.5) is 0 Å². The summed E-state index contributed by atoms with van der Waals surface area (Å²) in [5.41, 5.74) is 1.74. The summed E-state index contributed by atoms with van der Waals surface area (Å²) >= 11 is 0. The molecular formula is C13H14N2O3.